The Morgan fingerprint density at radius 1 is 1.38 bits per heavy atom. The predicted octanol–water partition coefficient (Wildman–Crippen LogP) is 1.54. The average Bonchev–Trinajstić information content (AvgIpc) is 2.88. The maximum absolute atomic E-state index is 13.8. The minimum absolute atomic E-state index is 0.100. The molecule has 132 valence electrons. The van der Waals surface area contributed by atoms with Gasteiger partial charge in [-0.25, -0.2) is 4.39 Å². The highest BCUT2D eigenvalue weighted by molar-refractivity contribution is 5.73. The first-order chi connectivity index (χ1) is 11.5. The van der Waals surface area contributed by atoms with Gasteiger partial charge < -0.3 is 15.2 Å². The Morgan fingerprint density at radius 2 is 2.08 bits per heavy atom. The highest BCUT2D eigenvalue weighted by Gasteiger charge is 2.41. The molecule has 0 unspecified atom stereocenters. The molecule has 2 N–H and O–H groups in total. The molecule has 0 aromatic heterocycles. The van der Waals surface area contributed by atoms with Crippen LogP contribution in [-0.4, -0.2) is 48.3 Å². The summed E-state index contributed by atoms with van der Waals surface area (Å²) in [5.41, 5.74) is 0.843. The molecule has 6 heteroatoms. The number of methoxy groups -OCH3 is 1. The van der Waals surface area contributed by atoms with Crippen LogP contribution in [0.2, 0.25) is 0 Å². The molecule has 3 rings (SSSR count). The molecule has 0 bridgehead atoms. The van der Waals surface area contributed by atoms with Gasteiger partial charge in [0.05, 0.1) is 19.3 Å². The summed E-state index contributed by atoms with van der Waals surface area (Å²) >= 11 is 0. The molecule has 5 nitrogen and oxygen atoms in total. The number of amides is 1. The fourth-order valence-corrected chi connectivity index (χ4v) is 4.22. The Kier molecular flexibility index (Phi) is 5.06. The molecule has 1 amide bonds. The van der Waals surface area contributed by atoms with Gasteiger partial charge in [-0.15, -0.1) is 0 Å². The highest BCUT2D eigenvalue weighted by atomic mass is 19.1. The summed E-state index contributed by atoms with van der Waals surface area (Å²) < 4.78 is 19.0. The van der Waals surface area contributed by atoms with Crippen LogP contribution in [0.25, 0.3) is 0 Å². The van der Waals surface area contributed by atoms with Gasteiger partial charge in [-0.05, 0) is 30.7 Å². The number of likely N-dealkylation sites (tertiary alicyclic amines) is 1. The molecule has 1 aliphatic carbocycles. The van der Waals surface area contributed by atoms with E-state index in [4.69, 9.17) is 4.74 Å². The minimum Gasteiger partial charge on any atom is -0.493 e. The lowest BCUT2D eigenvalue weighted by atomic mass is 9.77. The lowest BCUT2D eigenvalue weighted by Gasteiger charge is -2.35. The molecule has 1 saturated heterocycles. The third-order valence-electron chi connectivity index (χ3n) is 5.25. The zero-order chi connectivity index (χ0) is 17.3. The van der Waals surface area contributed by atoms with Crippen LogP contribution in [0.5, 0.6) is 5.75 Å². The molecule has 2 aliphatic rings. The molecule has 1 aromatic rings. The van der Waals surface area contributed by atoms with E-state index in [1.54, 1.807) is 6.07 Å². The van der Waals surface area contributed by atoms with Crippen LogP contribution in [0.3, 0.4) is 0 Å². The van der Waals surface area contributed by atoms with E-state index in [0.29, 0.717) is 30.6 Å². The number of carbonyl (C=O) groups is 1. The maximum atomic E-state index is 13.8. The van der Waals surface area contributed by atoms with Crippen LogP contribution in [0, 0.1) is 17.7 Å². The van der Waals surface area contributed by atoms with E-state index in [0.717, 1.165) is 25.1 Å². The number of benzene rings is 1. The summed E-state index contributed by atoms with van der Waals surface area (Å²) in [7, 11) is 1.49. The molecule has 2 fully saturated rings. The van der Waals surface area contributed by atoms with Crippen molar-refractivity contribution in [3.63, 3.8) is 0 Å². The molecule has 1 aromatic carbocycles. The third-order valence-corrected chi connectivity index (χ3v) is 5.25. The Labute approximate surface area is 141 Å². The van der Waals surface area contributed by atoms with E-state index >= 15 is 0 Å². The standard InChI is InChI=1S/C18H25FN2O3/c1-11(22)20-16-6-13-9-21(10-14(13)7-17(16)23)8-12-4-3-5-15(19)18(12)24-2/h3-5,13-14,16-17,23H,6-10H2,1-2H3,(H,20,22)/t13-,14+,16-,17-/m1/s1. The SMILES string of the molecule is COc1c(F)cccc1CN1C[C@H]2C[C@@H](NC(C)=O)[C@H](O)C[C@H]2C1. The Bertz CT molecular complexity index is 610. The van der Waals surface area contributed by atoms with Gasteiger partial charge in [-0.3, -0.25) is 9.69 Å². The summed E-state index contributed by atoms with van der Waals surface area (Å²) in [4.78, 5) is 13.6. The van der Waals surface area contributed by atoms with E-state index in [9.17, 15) is 14.3 Å². The van der Waals surface area contributed by atoms with Crippen LogP contribution >= 0.6 is 0 Å². The molecule has 0 spiro atoms. The number of nitrogens with one attached hydrogen (secondary N) is 1. The molecular formula is C18H25FN2O3. The summed E-state index contributed by atoms with van der Waals surface area (Å²) in [5.74, 6) is 0.738. The number of halogens is 1. The van der Waals surface area contributed by atoms with Crippen molar-refractivity contribution in [3.05, 3.63) is 29.6 Å². The lowest BCUT2D eigenvalue weighted by Crippen LogP contribution is -2.48. The van der Waals surface area contributed by atoms with E-state index in [2.05, 4.69) is 10.2 Å². The average molecular weight is 336 g/mol. The second kappa shape index (κ2) is 7.07. The first kappa shape index (κ1) is 17.2. The van der Waals surface area contributed by atoms with Gasteiger partial charge in [0.15, 0.2) is 11.6 Å². The molecular weight excluding hydrogens is 311 g/mol. The molecule has 1 saturated carbocycles. The van der Waals surface area contributed by atoms with Crippen LogP contribution in [-0.2, 0) is 11.3 Å². The first-order valence-corrected chi connectivity index (χ1v) is 8.46. The van der Waals surface area contributed by atoms with Crippen molar-refractivity contribution in [3.8, 4) is 5.75 Å². The maximum Gasteiger partial charge on any atom is 0.217 e. The topological polar surface area (TPSA) is 61.8 Å². The molecule has 0 radical (unpaired) electrons. The Hall–Kier alpha value is -1.66. The Morgan fingerprint density at radius 3 is 2.75 bits per heavy atom. The number of fused-ring (bicyclic) bond motifs is 1. The van der Waals surface area contributed by atoms with Crippen molar-refractivity contribution < 1.29 is 19.0 Å². The summed E-state index contributed by atoms with van der Waals surface area (Å²) in [6, 6.07) is 4.83. The van der Waals surface area contributed by atoms with E-state index in [1.807, 2.05) is 6.07 Å². The second-order valence-corrected chi connectivity index (χ2v) is 6.99. The third kappa shape index (κ3) is 3.54. The smallest absolute Gasteiger partial charge is 0.217 e. The van der Waals surface area contributed by atoms with Gasteiger partial charge in [-0.2, -0.15) is 0 Å². The number of carbonyl (C=O) groups excluding carboxylic acids is 1. The number of ether oxygens (including phenoxy) is 1. The Balaban J connectivity index is 1.66. The molecule has 1 heterocycles. The monoisotopic (exact) mass is 336 g/mol. The van der Waals surface area contributed by atoms with E-state index in [1.165, 1.54) is 20.1 Å². The summed E-state index contributed by atoms with van der Waals surface area (Å²) in [6.07, 6.45) is 1.01. The number of hydrogen-bond acceptors (Lipinski definition) is 4. The quantitative estimate of drug-likeness (QED) is 0.876. The summed E-state index contributed by atoms with van der Waals surface area (Å²) in [6.45, 7) is 3.89. The van der Waals surface area contributed by atoms with Crippen molar-refractivity contribution in [2.75, 3.05) is 20.2 Å². The lowest BCUT2D eigenvalue weighted by molar-refractivity contribution is -0.121. The molecule has 1 aliphatic heterocycles. The normalized spacial score (nSPS) is 30.0. The number of aliphatic hydroxyl groups is 1. The number of nitrogens with zero attached hydrogens (tertiary/aromatic N) is 1. The van der Waals surface area contributed by atoms with Crippen molar-refractivity contribution >= 4 is 5.91 Å². The van der Waals surface area contributed by atoms with Gasteiger partial charge in [0.1, 0.15) is 0 Å². The van der Waals surface area contributed by atoms with Gasteiger partial charge in [0.25, 0.3) is 0 Å². The zero-order valence-corrected chi connectivity index (χ0v) is 14.2. The van der Waals surface area contributed by atoms with E-state index in [-0.39, 0.29) is 17.8 Å². The van der Waals surface area contributed by atoms with Crippen molar-refractivity contribution in [1.82, 2.24) is 10.2 Å². The van der Waals surface area contributed by atoms with Crippen LogP contribution in [0.4, 0.5) is 4.39 Å². The number of aliphatic hydroxyl groups excluding tert-OH is 1. The van der Waals surface area contributed by atoms with Crippen molar-refractivity contribution in [2.24, 2.45) is 11.8 Å². The first-order valence-electron chi connectivity index (χ1n) is 8.46. The number of rotatable bonds is 4. The van der Waals surface area contributed by atoms with Gasteiger partial charge in [0.2, 0.25) is 5.91 Å². The van der Waals surface area contributed by atoms with Gasteiger partial charge in [-0.1, -0.05) is 12.1 Å². The number of para-hydroxylation sites is 1. The second-order valence-electron chi connectivity index (χ2n) is 6.99. The fourth-order valence-electron chi connectivity index (χ4n) is 4.22. The molecule has 4 atom stereocenters. The largest absolute Gasteiger partial charge is 0.493 e. The summed E-state index contributed by atoms with van der Waals surface area (Å²) in [5, 5.41) is 13.1. The van der Waals surface area contributed by atoms with Crippen molar-refractivity contribution in [1.29, 1.82) is 0 Å². The van der Waals surface area contributed by atoms with Crippen LogP contribution < -0.4 is 10.1 Å². The number of hydrogen-bond donors (Lipinski definition) is 2. The molecule has 24 heavy (non-hydrogen) atoms. The van der Waals surface area contributed by atoms with Gasteiger partial charge in [0, 0.05) is 32.1 Å². The fraction of sp³-hybridized carbons (Fsp3) is 0.611. The highest BCUT2D eigenvalue weighted by Crippen LogP contribution is 2.37. The van der Waals surface area contributed by atoms with Crippen LogP contribution in [0.1, 0.15) is 25.3 Å². The minimum atomic E-state index is -0.487. The van der Waals surface area contributed by atoms with Gasteiger partial charge >= 0.3 is 0 Å². The van der Waals surface area contributed by atoms with E-state index < -0.39 is 6.10 Å². The predicted molar refractivity (Wildman–Crippen MR) is 88.1 cm³/mol. The van der Waals surface area contributed by atoms with Crippen molar-refractivity contribution in [2.45, 2.75) is 38.5 Å². The zero-order valence-electron chi connectivity index (χ0n) is 14.2. The van der Waals surface area contributed by atoms with Crippen LogP contribution in [0.15, 0.2) is 18.2 Å².